The van der Waals surface area contributed by atoms with E-state index in [1.807, 2.05) is 13.8 Å². The molecule has 0 aliphatic rings. The zero-order valence-corrected chi connectivity index (χ0v) is 13.1. The van der Waals surface area contributed by atoms with Crippen molar-refractivity contribution in [2.45, 2.75) is 18.7 Å². The molecule has 8 nitrogen and oxygen atoms in total. The van der Waals surface area contributed by atoms with Crippen molar-refractivity contribution < 1.29 is 13.3 Å². The van der Waals surface area contributed by atoms with E-state index in [-0.39, 0.29) is 21.6 Å². The topological polar surface area (TPSA) is 108 Å². The van der Waals surface area contributed by atoms with Crippen molar-refractivity contribution in [3.63, 3.8) is 0 Å². The molecule has 0 radical (unpaired) electrons. The van der Waals surface area contributed by atoms with Crippen LogP contribution in [0.15, 0.2) is 41.3 Å². The number of non-ortho nitro benzene ring substituents is 1. The summed E-state index contributed by atoms with van der Waals surface area (Å²) in [6.07, 6.45) is 0. The molecule has 0 aliphatic carbocycles. The van der Waals surface area contributed by atoms with Crippen LogP contribution in [0.25, 0.3) is 11.0 Å². The van der Waals surface area contributed by atoms with Gasteiger partial charge in [0, 0.05) is 12.1 Å². The van der Waals surface area contributed by atoms with Crippen molar-refractivity contribution in [2.75, 3.05) is 0 Å². The Balaban J connectivity index is 2.18. The summed E-state index contributed by atoms with van der Waals surface area (Å²) in [5.74, 6) is 0. The minimum absolute atomic E-state index is 0.0887. The molecule has 0 unspecified atom stereocenters. The molecule has 118 valence electrons. The number of nitro groups is 1. The number of benzene rings is 2. The summed E-state index contributed by atoms with van der Waals surface area (Å²) in [7, 11) is -3.92. The molecule has 0 bridgehead atoms. The highest BCUT2D eigenvalue weighted by Gasteiger charge is 2.22. The van der Waals surface area contributed by atoms with Gasteiger partial charge in [-0.2, -0.15) is 8.42 Å². The number of aryl methyl sites for hydroxylation is 2. The van der Waals surface area contributed by atoms with E-state index < -0.39 is 14.9 Å². The SMILES string of the molecule is Cc1ccc(S(=O)(=O)n2nnc3cc([N+](=O)[O-])ccc32)cc1C. The van der Waals surface area contributed by atoms with Crippen molar-refractivity contribution in [3.8, 4) is 0 Å². The molecule has 0 saturated heterocycles. The Morgan fingerprint density at radius 3 is 2.48 bits per heavy atom. The average Bonchev–Trinajstić information content (AvgIpc) is 2.93. The minimum atomic E-state index is -3.92. The van der Waals surface area contributed by atoms with Crippen LogP contribution in [-0.2, 0) is 10.0 Å². The fraction of sp³-hybridized carbons (Fsp3) is 0.143. The van der Waals surface area contributed by atoms with Crippen molar-refractivity contribution in [1.29, 1.82) is 0 Å². The van der Waals surface area contributed by atoms with Gasteiger partial charge in [0.25, 0.3) is 15.7 Å². The number of nitro benzene ring substituents is 1. The first kappa shape index (κ1) is 15.1. The molecule has 0 fully saturated rings. The third-order valence-corrected chi connectivity index (χ3v) is 5.19. The third-order valence-electron chi connectivity index (χ3n) is 3.61. The Bertz CT molecular complexity index is 1040. The van der Waals surface area contributed by atoms with E-state index in [4.69, 9.17) is 0 Å². The lowest BCUT2D eigenvalue weighted by atomic mass is 10.1. The van der Waals surface area contributed by atoms with Crippen LogP contribution in [0.3, 0.4) is 0 Å². The van der Waals surface area contributed by atoms with Crippen LogP contribution in [0, 0.1) is 24.0 Å². The minimum Gasteiger partial charge on any atom is -0.258 e. The Hall–Kier alpha value is -2.81. The quantitative estimate of drug-likeness (QED) is 0.537. The third kappa shape index (κ3) is 2.44. The lowest BCUT2D eigenvalue weighted by Gasteiger charge is -2.07. The molecule has 2 aromatic carbocycles. The van der Waals surface area contributed by atoms with E-state index in [0.29, 0.717) is 0 Å². The molecular weight excluding hydrogens is 320 g/mol. The van der Waals surface area contributed by atoms with E-state index in [2.05, 4.69) is 10.3 Å². The van der Waals surface area contributed by atoms with Crippen LogP contribution in [0.1, 0.15) is 11.1 Å². The van der Waals surface area contributed by atoms with E-state index in [1.54, 1.807) is 12.1 Å². The maximum atomic E-state index is 12.7. The van der Waals surface area contributed by atoms with Crippen molar-refractivity contribution in [3.05, 3.63) is 57.6 Å². The second-order valence-corrected chi connectivity index (χ2v) is 6.88. The summed E-state index contributed by atoms with van der Waals surface area (Å²) in [6.45, 7) is 3.70. The molecular formula is C14H12N4O4S. The summed E-state index contributed by atoms with van der Waals surface area (Å²) in [5, 5.41) is 18.1. The Labute approximate surface area is 131 Å². The van der Waals surface area contributed by atoms with Crippen LogP contribution >= 0.6 is 0 Å². The summed E-state index contributed by atoms with van der Waals surface area (Å²) in [4.78, 5) is 10.3. The van der Waals surface area contributed by atoms with Crippen LogP contribution in [0.4, 0.5) is 5.69 Å². The predicted octanol–water partition coefficient (Wildman–Crippen LogP) is 2.19. The molecule has 1 heterocycles. The monoisotopic (exact) mass is 332 g/mol. The van der Waals surface area contributed by atoms with Gasteiger partial charge in [0.15, 0.2) is 0 Å². The van der Waals surface area contributed by atoms with Gasteiger partial charge in [-0.3, -0.25) is 10.1 Å². The number of rotatable bonds is 3. The first-order valence-electron chi connectivity index (χ1n) is 6.63. The van der Waals surface area contributed by atoms with Gasteiger partial charge in [-0.15, -0.1) is 9.19 Å². The van der Waals surface area contributed by atoms with Crippen molar-refractivity contribution in [1.82, 2.24) is 14.4 Å². The second-order valence-electron chi connectivity index (χ2n) is 5.11. The van der Waals surface area contributed by atoms with Gasteiger partial charge < -0.3 is 0 Å². The van der Waals surface area contributed by atoms with Gasteiger partial charge in [-0.25, -0.2) is 0 Å². The molecule has 23 heavy (non-hydrogen) atoms. The van der Waals surface area contributed by atoms with Crippen molar-refractivity contribution in [2.24, 2.45) is 0 Å². The Morgan fingerprint density at radius 1 is 1.09 bits per heavy atom. The van der Waals surface area contributed by atoms with Gasteiger partial charge >= 0.3 is 0 Å². The van der Waals surface area contributed by atoms with Crippen LogP contribution < -0.4 is 0 Å². The van der Waals surface area contributed by atoms with E-state index >= 15 is 0 Å². The zero-order valence-electron chi connectivity index (χ0n) is 12.3. The molecule has 0 saturated carbocycles. The summed E-state index contributed by atoms with van der Waals surface area (Å²) >= 11 is 0. The van der Waals surface area contributed by atoms with Crippen LogP contribution in [-0.4, -0.2) is 27.7 Å². The number of hydrogen-bond donors (Lipinski definition) is 0. The highest BCUT2D eigenvalue weighted by Crippen LogP contribution is 2.23. The van der Waals surface area contributed by atoms with Gasteiger partial charge in [0.05, 0.1) is 9.82 Å². The molecule has 3 aromatic rings. The summed E-state index contributed by atoms with van der Waals surface area (Å²) in [6, 6.07) is 8.51. The number of nitrogens with zero attached hydrogens (tertiary/aromatic N) is 4. The smallest absolute Gasteiger partial charge is 0.258 e. The fourth-order valence-electron chi connectivity index (χ4n) is 2.16. The van der Waals surface area contributed by atoms with Gasteiger partial charge in [-0.05, 0) is 43.2 Å². The largest absolute Gasteiger partial charge is 0.284 e. The number of hydrogen-bond acceptors (Lipinski definition) is 6. The lowest BCUT2D eigenvalue weighted by molar-refractivity contribution is -0.384. The van der Waals surface area contributed by atoms with E-state index in [9.17, 15) is 18.5 Å². The Kier molecular flexibility index (Phi) is 3.37. The molecule has 0 amide bonds. The predicted molar refractivity (Wildman–Crippen MR) is 82.7 cm³/mol. The zero-order chi connectivity index (χ0) is 16.8. The fourth-order valence-corrected chi connectivity index (χ4v) is 3.47. The van der Waals surface area contributed by atoms with E-state index in [0.717, 1.165) is 15.2 Å². The summed E-state index contributed by atoms with van der Waals surface area (Å²) < 4.78 is 26.2. The molecule has 0 spiro atoms. The number of aromatic nitrogens is 3. The van der Waals surface area contributed by atoms with Gasteiger partial charge in [-0.1, -0.05) is 11.3 Å². The standard InChI is InChI=1S/C14H12N4O4S/c1-9-3-5-12(7-10(9)2)23(21,22)17-14-6-4-11(18(19)20)8-13(14)15-16-17/h3-8H,1-2H3. The van der Waals surface area contributed by atoms with Crippen molar-refractivity contribution >= 4 is 26.7 Å². The number of fused-ring (bicyclic) bond motifs is 1. The Morgan fingerprint density at radius 2 is 1.83 bits per heavy atom. The van der Waals surface area contributed by atoms with Crippen LogP contribution in [0.5, 0.6) is 0 Å². The lowest BCUT2D eigenvalue weighted by Crippen LogP contribution is -2.15. The maximum Gasteiger partial charge on any atom is 0.284 e. The highest BCUT2D eigenvalue weighted by molar-refractivity contribution is 7.90. The maximum absolute atomic E-state index is 12.7. The average molecular weight is 332 g/mol. The molecule has 0 aliphatic heterocycles. The molecule has 0 N–H and O–H groups in total. The second kappa shape index (κ2) is 5.13. The molecule has 1 aromatic heterocycles. The summed E-state index contributed by atoms with van der Waals surface area (Å²) in [5.41, 5.74) is 1.97. The molecule has 3 rings (SSSR count). The highest BCUT2D eigenvalue weighted by atomic mass is 32.2. The molecule has 0 atom stereocenters. The first-order valence-corrected chi connectivity index (χ1v) is 8.07. The molecule has 9 heteroatoms. The van der Waals surface area contributed by atoms with Crippen LogP contribution in [0.2, 0.25) is 0 Å². The van der Waals surface area contributed by atoms with Gasteiger partial charge in [0.1, 0.15) is 11.0 Å². The van der Waals surface area contributed by atoms with Gasteiger partial charge in [0.2, 0.25) is 0 Å². The van der Waals surface area contributed by atoms with E-state index in [1.165, 1.54) is 24.3 Å². The normalized spacial score (nSPS) is 11.7. The first-order chi connectivity index (χ1) is 10.8.